The van der Waals surface area contributed by atoms with E-state index in [1.54, 1.807) is 7.05 Å². The van der Waals surface area contributed by atoms with Crippen molar-refractivity contribution < 1.29 is 9.90 Å². The third kappa shape index (κ3) is 4.41. The number of nitrogens with zero attached hydrogens (tertiary/aromatic N) is 1. The molecule has 23 heavy (non-hydrogen) atoms. The topological polar surface area (TPSA) is 66.6 Å². The number of benzene rings is 2. The first-order valence-corrected chi connectivity index (χ1v) is 7.80. The molecule has 0 radical (unpaired) electrons. The first-order chi connectivity index (χ1) is 11.0. The zero-order chi connectivity index (χ0) is 16.8. The van der Waals surface area contributed by atoms with E-state index in [1.165, 1.54) is 4.90 Å². The Morgan fingerprint density at radius 1 is 1.09 bits per heavy atom. The molecule has 0 aliphatic heterocycles. The molecule has 1 amide bonds. The lowest BCUT2D eigenvalue weighted by Crippen LogP contribution is -2.48. The Hall–Kier alpha value is -2.17. The first kappa shape index (κ1) is 17.2. The molecule has 3 atom stereocenters. The summed E-state index contributed by atoms with van der Waals surface area (Å²) in [5, 5.41) is 10.4. The molecule has 2 rings (SSSR count). The number of rotatable bonds is 6. The molecule has 0 saturated heterocycles. The van der Waals surface area contributed by atoms with Crippen LogP contribution in [0.4, 0.5) is 0 Å². The summed E-state index contributed by atoms with van der Waals surface area (Å²) in [7, 11) is 1.68. The Morgan fingerprint density at radius 2 is 1.61 bits per heavy atom. The summed E-state index contributed by atoms with van der Waals surface area (Å²) in [4.78, 5) is 14.0. The van der Waals surface area contributed by atoms with Gasteiger partial charge in [-0.05, 0) is 24.5 Å². The van der Waals surface area contributed by atoms with Crippen molar-refractivity contribution in [3.05, 3.63) is 71.8 Å². The molecule has 4 nitrogen and oxygen atoms in total. The molecule has 0 saturated carbocycles. The van der Waals surface area contributed by atoms with Crippen LogP contribution < -0.4 is 5.73 Å². The maximum absolute atomic E-state index is 12.5. The number of aliphatic hydroxyl groups is 1. The normalized spacial score (nSPS) is 14.8. The standard InChI is InChI=1S/C19H24N2O2/c1-14(18(22)16-11-7-4-8-12-16)21(2)19(23)17(20)13-15-9-5-3-6-10-15/h3-12,14,17-18,22H,13,20H2,1-2H3/t14-,17+,18+/m0/s1. The summed E-state index contributed by atoms with van der Waals surface area (Å²) in [5.41, 5.74) is 7.87. The average Bonchev–Trinajstić information content (AvgIpc) is 2.60. The fourth-order valence-corrected chi connectivity index (χ4v) is 2.56. The molecule has 2 aromatic carbocycles. The van der Waals surface area contributed by atoms with Crippen molar-refractivity contribution >= 4 is 5.91 Å². The highest BCUT2D eigenvalue weighted by molar-refractivity contribution is 5.82. The molecule has 2 aromatic rings. The highest BCUT2D eigenvalue weighted by Gasteiger charge is 2.27. The Kier molecular flexibility index (Phi) is 5.90. The van der Waals surface area contributed by atoms with Gasteiger partial charge in [0, 0.05) is 7.05 Å². The fraction of sp³-hybridized carbons (Fsp3) is 0.316. The lowest BCUT2D eigenvalue weighted by atomic mass is 10.0. The second-order valence-electron chi connectivity index (χ2n) is 5.84. The summed E-state index contributed by atoms with van der Waals surface area (Å²) in [5.74, 6) is -0.170. The molecular weight excluding hydrogens is 288 g/mol. The predicted molar refractivity (Wildman–Crippen MR) is 91.8 cm³/mol. The van der Waals surface area contributed by atoms with Crippen LogP contribution >= 0.6 is 0 Å². The van der Waals surface area contributed by atoms with Crippen LogP contribution in [-0.4, -0.2) is 35.0 Å². The van der Waals surface area contributed by atoms with Crippen molar-refractivity contribution in [1.82, 2.24) is 4.90 Å². The van der Waals surface area contributed by atoms with Gasteiger partial charge in [-0.15, -0.1) is 0 Å². The van der Waals surface area contributed by atoms with E-state index in [-0.39, 0.29) is 11.9 Å². The molecule has 0 heterocycles. The van der Waals surface area contributed by atoms with Crippen molar-refractivity contribution in [3.8, 4) is 0 Å². The quantitative estimate of drug-likeness (QED) is 0.859. The van der Waals surface area contributed by atoms with E-state index < -0.39 is 12.1 Å². The minimum Gasteiger partial charge on any atom is -0.386 e. The van der Waals surface area contributed by atoms with Crippen molar-refractivity contribution in [1.29, 1.82) is 0 Å². The third-order valence-corrected chi connectivity index (χ3v) is 4.17. The second kappa shape index (κ2) is 7.90. The second-order valence-corrected chi connectivity index (χ2v) is 5.84. The number of carbonyl (C=O) groups is 1. The molecule has 4 heteroatoms. The van der Waals surface area contributed by atoms with Crippen LogP contribution in [0.1, 0.15) is 24.2 Å². The van der Waals surface area contributed by atoms with E-state index in [0.29, 0.717) is 6.42 Å². The van der Waals surface area contributed by atoms with Crippen molar-refractivity contribution in [2.75, 3.05) is 7.05 Å². The SMILES string of the molecule is C[C@@H]([C@@H](O)c1ccccc1)N(C)C(=O)[C@H](N)Cc1ccccc1. The minimum atomic E-state index is -0.742. The average molecular weight is 312 g/mol. The molecule has 0 fully saturated rings. The Balaban J connectivity index is 2.00. The maximum Gasteiger partial charge on any atom is 0.239 e. The summed E-state index contributed by atoms with van der Waals surface area (Å²) < 4.78 is 0. The number of likely N-dealkylation sites (N-methyl/N-ethyl adjacent to an activating group) is 1. The van der Waals surface area contributed by atoms with Crippen LogP contribution in [-0.2, 0) is 11.2 Å². The zero-order valence-corrected chi connectivity index (χ0v) is 13.6. The Bertz CT molecular complexity index is 616. The summed E-state index contributed by atoms with van der Waals surface area (Å²) in [6.07, 6.45) is -0.257. The summed E-state index contributed by atoms with van der Waals surface area (Å²) in [6, 6.07) is 18.1. The molecule has 0 unspecified atom stereocenters. The highest BCUT2D eigenvalue weighted by atomic mass is 16.3. The zero-order valence-electron chi connectivity index (χ0n) is 13.6. The number of carbonyl (C=O) groups excluding carboxylic acids is 1. The van der Waals surface area contributed by atoms with Gasteiger partial charge in [-0.1, -0.05) is 60.7 Å². The Labute approximate surface area is 137 Å². The van der Waals surface area contributed by atoms with Gasteiger partial charge < -0.3 is 15.7 Å². The van der Waals surface area contributed by atoms with Crippen LogP contribution in [0, 0.1) is 0 Å². The highest BCUT2D eigenvalue weighted by Crippen LogP contribution is 2.20. The van der Waals surface area contributed by atoms with Crippen LogP contribution in [0.2, 0.25) is 0 Å². The van der Waals surface area contributed by atoms with Gasteiger partial charge in [0.2, 0.25) is 5.91 Å². The smallest absolute Gasteiger partial charge is 0.239 e. The molecule has 3 N–H and O–H groups in total. The van der Waals surface area contributed by atoms with Crippen LogP contribution in [0.15, 0.2) is 60.7 Å². The molecule has 0 spiro atoms. The molecule has 122 valence electrons. The van der Waals surface area contributed by atoms with E-state index in [4.69, 9.17) is 5.73 Å². The van der Waals surface area contributed by atoms with Crippen LogP contribution in [0.3, 0.4) is 0 Å². The van der Waals surface area contributed by atoms with E-state index in [0.717, 1.165) is 11.1 Å². The number of hydrogen-bond donors (Lipinski definition) is 2. The third-order valence-electron chi connectivity index (χ3n) is 4.17. The maximum atomic E-state index is 12.5. The number of aliphatic hydroxyl groups excluding tert-OH is 1. The lowest BCUT2D eigenvalue weighted by Gasteiger charge is -2.31. The summed E-state index contributed by atoms with van der Waals surface area (Å²) >= 11 is 0. The largest absolute Gasteiger partial charge is 0.386 e. The number of hydrogen-bond acceptors (Lipinski definition) is 3. The molecule has 0 bridgehead atoms. The minimum absolute atomic E-state index is 0.170. The van der Waals surface area contributed by atoms with Gasteiger partial charge in [-0.3, -0.25) is 4.79 Å². The molecule has 0 aliphatic carbocycles. The van der Waals surface area contributed by atoms with Crippen LogP contribution in [0.5, 0.6) is 0 Å². The van der Waals surface area contributed by atoms with E-state index in [2.05, 4.69) is 0 Å². The number of nitrogens with two attached hydrogens (primary N) is 1. The molecule has 0 aromatic heterocycles. The molecular formula is C19H24N2O2. The van der Waals surface area contributed by atoms with E-state index in [9.17, 15) is 9.90 Å². The van der Waals surface area contributed by atoms with E-state index >= 15 is 0 Å². The molecule has 0 aliphatic rings. The van der Waals surface area contributed by atoms with Crippen molar-refractivity contribution in [2.24, 2.45) is 5.73 Å². The van der Waals surface area contributed by atoms with Gasteiger partial charge in [0.1, 0.15) is 0 Å². The first-order valence-electron chi connectivity index (χ1n) is 7.80. The van der Waals surface area contributed by atoms with Gasteiger partial charge in [0.25, 0.3) is 0 Å². The van der Waals surface area contributed by atoms with Crippen LogP contribution in [0.25, 0.3) is 0 Å². The predicted octanol–water partition coefficient (Wildman–Crippen LogP) is 2.14. The lowest BCUT2D eigenvalue weighted by molar-refractivity contribution is -0.135. The number of amides is 1. The van der Waals surface area contributed by atoms with Gasteiger partial charge in [-0.2, -0.15) is 0 Å². The fourth-order valence-electron chi connectivity index (χ4n) is 2.56. The summed E-state index contributed by atoms with van der Waals surface area (Å²) in [6.45, 7) is 1.82. The van der Waals surface area contributed by atoms with Gasteiger partial charge >= 0.3 is 0 Å². The van der Waals surface area contributed by atoms with Gasteiger partial charge in [0.15, 0.2) is 0 Å². The van der Waals surface area contributed by atoms with Gasteiger partial charge in [-0.25, -0.2) is 0 Å². The van der Waals surface area contributed by atoms with E-state index in [1.807, 2.05) is 67.6 Å². The van der Waals surface area contributed by atoms with Gasteiger partial charge in [0.05, 0.1) is 18.2 Å². The monoisotopic (exact) mass is 312 g/mol. The van der Waals surface area contributed by atoms with Crippen molar-refractivity contribution in [2.45, 2.75) is 31.5 Å². The Morgan fingerprint density at radius 3 is 2.17 bits per heavy atom. The van der Waals surface area contributed by atoms with Crippen molar-refractivity contribution in [3.63, 3.8) is 0 Å².